The van der Waals surface area contributed by atoms with Crippen molar-refractivity contribution in [3.8, 4) is 11.5 Å². The van der Waals surface area contributed by atoms with E-state index in [1.54, 1.807) is 0 Å². The Hall–Kier alpha value is -2.45. The predicted molar refractivity (Wildman–Crippen MR) is 104 cm³/mol. The van der Waals surface area contributed by atoms with Crippen molar-refractivity contribution >= 4 is 11.9 Å². The Morgan fingerprint density at radius 2 is 1.43 bits per heavy atom. The highest BCUT2D eigenvalue weighted by atomic mass is 19.4. The molecule has 0 bridgehead atoms. The minimum absolute atomic E-state index is 0.000440. The van der Waals surface area contributed by atoms with Crippen LogP contribution in [0.25, 0.3) is 11.5 Å². The first-order chi connectivity index (χ1) is 12.9. The molecule has 0 spiro atoms. The summed E-state index contributed by atoms with van der Waals surface area (Å²) in [5, 5.41) is 0. The topological polar surface area (TPSA) is 80.8 Å². The minimum atomic E-state index is -4.55. The number of anilines is 2. The van der Waals surface area contributed by atoms with E-state index in [9.17, 15) is 13.2 Å². The van der Waals surface area contributed by atoms with Crippen molar-refractivity contribution in [2.45, 2.75) is 59.8 Å². The first-order valence-corrected chi connectivity index (χ1v) is 9.26. The molecule has 9 heteroatoms. The lowest BCUT2D eigenvalue weighted by Gasteiger charge is -2.38. The molecule has 0 saturated carbocycles. The molecule has 28 heavy (non-hydrogen) atoms. The Morgan fingerprint density at radius 3 is 1.93 bits per heavy atom. The molecule has 2 aromatic heterocycles. The molecule has 0 saturated heterocycles. The van der Waals surface area contributed by atoms with Gasteiger partial charge >= 0.3 is 6.18 Å². The van der Waals surface area contributed by atoms with E-state index >= 15 is 0 Å². The van der Waals surface area contributed by atoms with E-state index in [2.05, 4.69) is 61.5 Å². The summed E-state index contributed by atoms with van der Waals surface area (Å²) in [6.45, 7) is 12.5. The van der Waals surface area contributed by atoms with E-state index in [0.717, 1.165) is 6.07 Å². The molecule has 0 radical (unpaired) electrons. The smallest absolute Gasteiger partial charge is 0.368 e. The Kier molecular flexibility index (Phi) is 6.46. The number of alkyl halides is 3. The van der Waals surface area contributed by atoms with Gasteiger partial charge in [-0.05, 0) is 37.8 Å². The summed E-state index contributed by atoms with van der Waals surface area (Å²) in [7, 11) is 0. The third kappa shape index (κ3) is 4.88. The summed E-state index contributed by atoms with van der Waals surface area (Å²) < 4.78 is 39.0. The van der Waals surface area contributed by atoms with Crippen LogP contribution in [-0.4, -0.2) is 32.0 Å². The lowest BCUT2D eigenvalue weighted by molar-refractivity contribution is -0.141. The summed E-state index contributed by atoms with van der Waals surface area (Å²) in [6, 6.07) is 3.78. The highest BCUT2D eigenvalue weighted by Crippen LogP contribution is 2.30. The van der Waals surface area contributed by atoms with E-state index in [1.807, 2.05) is 4.90 Å². The van der Waals surface area contributed by atoms with E-state index in [1.165, 1.54) is 12.1 Å². The molecule has 154 valence electrons. The van der Waals surface area contributed by atoms with Crippen LogP contribution >= 0.6 is 0 Å². The fraction of sp³-hybridized carbons (Fsp3) is 0.579. The summed E-state index contributed by atoms with van der Waals surface area (Å²) in [6.07, 6.45) is -4.55. The van der Waals surface area contributed by atoms with E-state index in [0.29, 0.717) is 17.8 Å². The normalized spacial score (nSPS) is 14.4. The maximum absolute atomic E-state index is 13.0. The first kappa shape index (κ1) is 21.8. The lowest BCUT2D eigenvalue weighted by Crippen LogP contribution is -2.46. The van der Waals surface area contributed by atoms with Gasteiger partial charge in [0.25, 0.3) is 0 Å². The van der Waals surface area contributed by atoms with Gasteiger partial charge in [-0.3, -0.25) is 0 Å². The SMILES string of the molecule is CC(C)[C@@H](C)N(c1nc(N)nc(-c2cccc(C(F)(F)F)n2)n1)[C@H](C)C(C)C. The van der Waals surface area contributed by atoms with Gasteiger partial charge < -0.3 is 10.6 Å². The molecule has 0 aliphatic heterocycles. The van der Waals surface area contributed by atoms with E-state index in [-0.39, 0.29) is 29.6 Å². The van der Waals surface area contributed by atoms with Crippen molar-refractivity contribution in [1.29, 1.82) is 0 Å². The Morgan fingerprint density at radius 1 is 0.857 bits per heavy atom. The number of pyridine rings is 1. The number of rotatable bonds is 6. The third-order valence-electron chi connectivity index (χ3n) is 4.95. The van der Waals surface area contributed by atoms with Crippen molar-refractivity contribution in [2.24, 2.45) is 11.8 Å². The van der Waals surface area contributed by atoms with Crippen molar-refractivity contribution in [1.82, 2.24) is 19.9 Å². The highest BCUT2D eigenvalue weighted by Gasteiger charge is 2.33. The van der Waals surface area contributed by atoms with Crippen LogP contribution in [0.2, 0.25) is 0 Å². The molecule has 2 atom stereocenters. The van der Waals surface area contributed by atoms with Gasteiger partial charge in [0.15, 0.2) is 5.82 Å². The molecule has 0 amide bonds. The lowest BCUT2D eigenvalue weighted by atomic mass is 9.98. The van der Waals surface area contributed by atoms with Gasteiger partial charge in [0.05, 0.1) is 0 Å². The molecular weight excluding hydrogens is 369 g/mol. The maximum atomic E-state index is 13.0. The van der Waals surface area contributed by atoms with Gasteiger partial charge in [-0.2, -0.15) is 28.1 Å². The van der Waals surface area contributed by atoms with Crippen LogP contribution in [-0.2, 0) is 6.18 Å². The van der Waals surface area contributed by atoms with E-state index in [4.69, 9.17) is 5.73 Å². The Bertz CT molecular complexity index is 792. The second-order valence-electron chi connectivity index (χ2n) is 7.60. The van der Waals surface area contributed by atoms with Crippen molar-refractivity contribution in [2.75, 3.05) is 10.6 Å². The molecule has 6 nitrogen and oxygen atoms in total. The molecule has 0 fully saturated rings. The number of aromatic nitrogens is 4. The molecule has 2 rings (SSSR count). The zero-order valence-corrected chi connectivity index (χ0v) is 17.0. The maximum Gasteiger partial charge on any atom is 0.433 e. The average molecular weight is 396 g/mol. The number of halogens is 3. The zero-order chi connectivity index (χ0) is 21.2. The number of nitrogens with zero attached hydrogens (tertiary/aromatic N) is 5. The Balaban J connectivity index is 2.57. The highest BCUT2D eigenvalue weighted by molar-refractivity contribution is 5.54. The van der Waals surface area contributed by atoms with Gasteiger partial charge in [0, 0.05) is 12.1 Å². The molecule has 0 aliphatic rings. The van der Waals surface area contributed by atoms with Gasteiger partial charge in [-0.1, -0.05) is 33.8 Å². The quantitative estimate of drug-likeness (QED) is 0.778. The number of hydrogen-bond acceptors (Lipinski definition) is 6. The molecule has 0 aromatic carbocycles. The van der Waals surface area contributed by atoms with Crippen LogP contribution in [0.1, 0.15) is 47.2 Å². The predicted octanol–water partition coefficient (Wildman–Crippen LogP) is 4.43. The fourth-order valence-corrected chi connectivity index (χ4v) is 2.71. The summed E-state index contributed by atoms with van der Waals surface area (Å²) >= 11 is 0. The molecule has 0 aliphatic carbocycles. The van der Waals surface area contributed by atoms with Crippen LogP contribution in [0.15, 0.2) is 18.2 Å². The van der Waals surface area contributed by atoms with Crippen LogP contribution in [0.3, 0.4) is 0 Å². The second kappa shape index (κ2) is 8.28. The summed E-state index contributed by atoms with van der Waals surface area (Å²) in [5.74, 6) is 0.898. The summed E-state index contributed by atoms with van der Waals surface area (Å²) in [5.41, 5.74) is 4.87. The minimum Gasteiger partial charge on any atom is -0.368 e. The van der Waals surface area contributed by atoms with Crippen LogP contribution in [0.5, 0.6) is 0 Å². The Labute approximate surface area is 163 Å². The monoisotopic (exact) mass is 396 g/mol. The van der Waals surface area contributed by atoms with Crippen LogP contribution < -0.4 is 10.6 Å². The van der Waals surface area contributed by atoms with E-state index < -0.39 is 11.9 Å². The standard InChI is InChI=1S/C19H27F3N6/c1-10(2)12(5)28(13(6)11(3)4)18-26-16(25-17(23)27-18)14-8-7-9-15(24-14)19(20,21)22/h7-13H,1-6H3,(H2,23,25,26,27)/t12-,13-/m1/s1. The van der Waals surface area contributed by atoms with Crippen LogP contribution in [0.4, 0.5) is 25.1 Å². The zero-order valence-electron chi connectivity index (χ0n) is 17.0. The number of hydrogen-bond donors (Lipinski definition) is 1. The van der Waals surface area contributed by atoms with Gasteiger partial charge in [-0.25, -0.2) is 4.98 Å². The molecule has 0 unspecified atom stereocenters. The molecule has 2 N–H and O–H groups in total. The number of nitrogens with two attached hydrogens (primary N) is 1. The second-order valence-corrected chi connectivity index (χ2v) is 7.60. The molecule has 2 heterocycles. The first-order valence-electron chi connectivity index (χ1n) is 9.26. The van der Waals surface area contributed by atoms with Crippen molar-refractivity contribution in [3.05, 3.63) is 23.9 Å². The average Bonchev–Trinajstić information content (AvgIpc) is 2.60. The van der Waals surface area contributed by atoms with Crippen molar-refractivity contribution < 1.29 is 13.2 Å². The largest absolute Gasteiger partial charge is 0.433 e. The van der Waals surface area contributed by atoms with Crippen molar-refractivity contribution in [3.63, 3.8) is 0 Å². The van der Waals surface area contributed by atoms with Gasteiger partial charge in [0.1, 0.15) is 11.4 Å². The summed E-state index contributed by atoms with van der Waals surface area (Å²) in [4.78, 5) is 18.4. The molecular formula is C19H27F3N6. The number of nitrogen functional groups attached to an aromatic ring is 1. The van der Waals surface area contributed by atoms with Gasteiger partial charge in [-0.15, -0.1) is 0 Å². The molecule has 2 aromatic rings. The van der Waals surface area contributed by atoms with Crippen LogP contribution in [0, 0.1) is 11.8 Å². The van der Waals surface area contributed by atoms with Gasteiger partial charge in [0.2, 0.25) is 11.9 Å². The third-order valence-corrected chi connectivity index (χ3v) is 4.95. The fourth-order valence-electron chi connectivity index (χ4n) is 2.71.